The Morgan fingerprint density at radius 3 is 2.70 bits per heavy atom. The molecule has 0 saturated carbocycles. The molecule has 2 N–H and O–H groups in total. The Labute approximate surface area is 122 Å². The predicted octanol–water partition coefficient (Wildman–Crippen LogP) is 3.22. The average Bonchev–Trinajstić information content (AvgIpc) is 2.43. The Balaban J connectivity index is 2.32. The Hall–Kier alpha value is -2.01. The molecule has 104 valence electrons. The van der Waals surface area contributed by atoms with Crippen molar-refractivity contribution in [2.45, 2.75) is 23.8 Å². The van der Waals surface area contributed by atoms with E-state index in [9.17, 15) is 4.79 Å². The molecule has 0 fully saturated rings. The fourth-order valence-corrected chi connectivity index (χ4v) is 2.68. The van der Waals surface area contributed by atoms with E-state index in [1.807, 2.05) is 19.1 Å². The fourth-order valence-electron chi connectivity index (χ4n) is 1.82. The minimum atomic E-state index is -0.452. The molecule has 1 heterocycles. The van der Waals surface area contributed by atoms with E-state index in [0.29, 0.717) is 16.3 Å². The topological polar surface area (TPSA) is 65.2 Å². The lowest BCUT2D eigenvalue weighted by Gasteiger charge is -2.08. The van der Waals surface area contributed by atoms with E-state index in [0.717, 1.165) is 4.90 Å². The number of hydrogen-bond acceptors (Lipinski definition) is 5. The maximum atomic E-state index is 11.6. The number of rotatable bonds is 3. The molecule has 5 heteroatoms. The van der Waals surface area contributed by atoms with Gasteiger partial charge in [-0.05, 0) is 31.5 Å². The molecule has 0 aliphatic rings. The molecule has 2 aromatic rings. The number of anilines is 1. The zero-order chi connectivity index (χ0) is 14.7. The van der Waals surface area contributed by atoms with Gasteiger partial charge in [0.2, 0.25) is 0 Å². The molecule has 1 aromatic carbocycles. The molecule has 0 unspecified atom stereocenters. The first-order valence-electron chi connectivity index (χ1n) is 6.10. The summed E-state index contributed by atoms with van der Waals surface area (Å²) in [7, 11) is 1.33. The Morgan fingerprint density at radius 1 is 1.30 bits per heavy atom. The van der Waals surface area contributed by atoms with Gasteiger partial charge in [-0.15, -0.1) is 0 Å². The van der Waals surface area contributed by atoms with Crippen molar-refractivity contribution in [3.8, 4) is 0 Å². The van der Waals surface area contributed by atoms with Gasteiger partial charge in [-0.3, -0.25) is 0 Å². The van der Waals surface area contributed by atoms with Gasteiger partial charge >= 0.3 is 5.97 Å². The third-order valence-corrected chi connectivity index (χ3v) is 3.97. The van der Waals surface area contributed by atoms with E-state index in [1.54, 1.807) is 6.07 Å². The second kappa shape index (κ2) is 5.96. The first kappa shape index (κ1) is 14.4. The Morgan fingerprint density at radius 2 is 2.05 bits per heavy atom. The molecule has 0 aliphatic heterocycles. The minimum Gasteiger partial charge on any atom is -0.465 e. The van der Waals surface area contributed by atoms with Crippen LogP contribution in [0.4, 0.5) is 5.69 Å². The highest BCUT2D eigenvalue weighted by Gasteiger charge is 2.12. The van der Waals surface area contributed by atoms with Crippen LogP contribution in [-0.4, -0.2) is 18.1 Å². The minimum absolute atomic E-state index is 0.321. The van der Waals surface area contributed by atoms with Gasteiger partial charge in [0.05, 0.1) is 24.6 Å². The molecule has 4 nitrogen and oxygen atoms in total. The highest BCUT2D eigenvalue weighted by Crippen LogP contribution is 2.30. The maximum absolute atomic E-state index is 11.6. The van der Waals surface area contributed by atoms with Gasteiger partial charge < -0.3 is 10.5 Å². The number of esters is 1. The van der Waals surface area contributed by atoms with Crippen LogP contribution in [0, 0.1) is 13.8 Å². The number of carbonyl (C=O) groups is 1. The van der Waals surface area contributed by atoms with E-state index >= 15 is 0 Å². The smallest absolute Gasteiger partial charge is 0.340 e. The molecule has 0 atom stereocenters. The summed E-state index contributed by atoms with van der Waals surface area (Å²) in [5.74, 6) is -0.452. The van der Waals surface area contributed by atoms with Crippen molar-refractivity contribution in [2.24, 2.45) is 0 Å². The number of benzene rings is 1. The van der Waals surface area contributed by atoms with Crippen LogP contribution in [0.25, 0.3) is 0 Å². The van der Waals surface area contributed by atoms with Gasteiger partial charge in [-0.25, -0.2) is 9.78 Å². The van der Waals surface area contributed by atoms with Gasteiger partial charge in [0.15, 0.2) is 0 Å². The molecule has 0 aliphatic carbocycles. The molecule has 20 heavy (non-hydrogen) atoms. The quantitative estimate of drug-likeness (QED) is 0.878. The third kappa shape index (κ3) is 3.11. The van der Waals surface area contributed by atoms with Gasteiger partial charge in [0.1, 0.15) is 5.03 Å². The van der Waals surface area contributed by atoms with E-state index in [4.69, 9.17) is 10.5 Å². The molecule has 0 bridgehead atoms. The van der Waals surface area contributed by atoms with Crippen LogP contribution in [0.1, 0.15) is 21.5 Å². The van der Waals surface area contributed by atoms with E-state index in [2.05, 4.69) is 18.0 Å². The second-order valence-electron chi connectivity index (χ2n) is 4.47. The third-order valence-electron chi connectivity index (χ3n) is 2.86. The number of nitrogen functional groups attached to an aromatic ring is 1. The number of hydrogen-bond donors (Lipinski definition) is 1. The van der Waals surface area contributed by atoms with Crippen molar-refractivity contribution < 1.29 is 9.53 Å². The van der Waals surface area contributed by atoms with Crippen molar-refractivity contribution in [2.75, 3.05) is 12.8 Å². The molecular formula is C15H16N2O2S. The number of pyridine rings is 1. The highest BCUT2D eigenvalue weighted by molar-refractivity contribution is 7.99. The number of nitrogens with two attached hydrogens (primary N) is 1. The van der Waals surface area contributed by atoms with Crippen molar-refractivity contribution in [1.82, 2.24) is 4.98 Å². The lowest BCUT2D eigenvalue weighted by molar-refractivity contribution is 0.0601. The van der Waals surface area contributed by atoms with Crippen LogP contribution >= 0.6 is 11.8 Å². The summed E-state index contributed by atoms with van der Waals surface area (Å²) in [5.41, 5.74) is 8.79. The van der Waals surface area contributed by atoms with Gasteiger partial charge in [0, 0.05) is 4.90 Å². The molecular weight excluding hydrogens is 272 g/mol. The van der Waals surface area contributed by atoms with E-state index in [1.165, 1.54) is 36.2 Å². The zero-order valence-corrected chi connectivity index (χ0v) is 12.5. The van der Waals surface area contributed by atoms with Crippen LogP contribution < -0.4 is 5.73 Å². The number of carbonyl (C=O) groups excluding carboxylic acids is 1. The number of aromatic nitrogens is 1. The Kier molecular flexibility index (Phi) is 4.29. The highest BCUT2D eigenvalue weighted by atomic mass is 32.2. The van der Waals surface area contributed by atoms with Crippen LogP contribution in [0.5, 0.6) is 0 Å². The largest absolute Gasteiger partial charge is 0.465 e. The number of aryl methyl sites for hydroxylation is 2. The molecule has 1 aromatic heterocycles. The van der Waals surface area contributed by atoms with Crippen molar-refractivity contribution in [3.05, 3.63) is 47.2 Å². The van der Waals surface area contributed by atoms with Gasteiger partial charge in [-0.1, -0.05) is 29.5 Å². The normalized spacial score (nSPS) is 10.3. The summed E-state index contributed by atoms with van der Waals surface area (Å²) >= 11 is 1.50. The van der Waals surface area contributed by atoms with Crippen molar-refractivity contribution >= 4 is 23.4 Å². The average molecular weight is 288 g/mol. The molecule has 0 amide bonds. The number of methoxy groups -OCH3 is 1. The molecule has 2 rings (SSSR count). The lowest BCUT2D eigenvalue weighted by atomic mass is 10.2. The number of nitrogens with zero attached hydrogens (tertiary/aromatic N) is 1. The first-order chi connectivity index (χ1) is 9.51. The van der Waals surface area contributed by atoms with Crippen LogP contribution in [0.15, 0.2) is 40.4 Å². The molecule has 0 radical (unpaired) electrons. The van der Waals surface area contributed by atoms with Crippen LogP contribution in [-0.2, 0) is 4.74 Å². The Bertz CT molecular complexity index is 656. The van der Waals surface area contributed by atoms with Crippen molar-refractivity contribution in [3.63, 3.8) is 0 Å². The monoisotopic (exact) mass is 288 g/mol. The predicted molar refractivity (Wildman–Crippen MR) is 80.0 cm³/mol. The second-order valence-corrected chi connectivity index (χ2v) is 5.53. The van der Waals surface area contributed by atoms with E-state index in [-0.39, 0.29) is 0 Å². The van der Waals surface area contributed by atoms with Gasteiger partial charge in [-0.2, -0.15) is 0 Å². The van der Waals surface area contributed by atoms with Crippen LogP contribution in [0.2, 0.25) is 0 Å². The summed E-state index contributed by atoms with van der Waals surface area (Å²) in [6, 6.07) is 7.87. The summed E-state index contributed by atoms with van der Waals surface area (Å²) in [5, 5.41) is 0.714. The van der Waals surface area contributed by atoms with Gasteiger partial charge in [0.25, 0.3) is 0 Å². The SMILES string of the molecule is COC(=O)c1cc(Sc2ccc(C)cc2C)ncc1N. The molecule has 0 spiro atoms. The summed E-state index contributed by atoms with van der Waals surface area (Å²) in [6.07, 6.45) is 1.48. The first-order valence-corrected chi connectivity index (χ1v) is 6.92. The zero-order valence-electron chi connectivity index (χ0n) is 11.6. The summed E-state index contributed by atoms with van der Waals surface area (Å²) in [6.45, 7) is 4.10. The van der Waals surface area contributed by atoms with Crippen LogP contribution in [0.3, 0.4) is 0 Å². The lowest BCUT2D eigenvalue weighted by Crippen LogP contribution is -2.06. The fraction of sp³-hybridized carbons (Fsp3) is 0.200. The molecule has 0 saturated heterocycles. The number of ether oxygens (including phenoxy) is 1. The standard InChI is InChI=1S/C15H16N2O2S/c1-9-4-5-13(10(2)6-9)20-14-7-11(15(18)19-3)12(16)8-17-14/h4-8H,16H2,1-3H3. The van der Waals surface area contributed by atoms with Crippen molar-refractivity contribution in [1.29, 1.82) is 0 Å². The summed E-state index contributed by atoms with van der Waals surface area (Å²) < 4.78 is 4.71. The van der Waals surface area contributed by atoms with E-state index < -0.39 is 5.97 Å². The maximum Gasteiger partial charge on any atom is 0.340 e. The summed E-state index contributed by atoms with van der Waals surface area (Å²) in [4.78, 5) is 17.0.